The number of fused-ring (bicyclic) bond motifs is 2. The van der Waals surface area contributed by atoms with E-state index in [-0.39, 0.29) is 5.92 Å². The van der Waals surface area contributed by atoms with Crippen molar-refractivity contribution in [2.45, 2.75) is 15.7 Å². The second-order valence-corrected chi connectivity index (χ2v) is 5.40. The van der Waals surface area contributed by atoms with E-state index < -0.39 is 0 Å². The zero-order valence-electron chi connectivity index (χ0n) is 8.85. The molecular weight excluding hydrogens is 250 g/mol. The Labute approximate surface area is 109 Å². The van der Waals surface area contributed by atoms with Gasteiger partial charge in [-0.15, -0.1) is 0 Å². The van der Waals surface area contributed by atoms with E-state index in [4.69, 9.17) is 11.6 Å². The van der Waals surface area contributed by atoms with E-state index in [1.807, 2.05) is 36.4 Å². The zero-order chi connectivity index (χ0) is 11.8. The molecule has 82 valence electrons. The molecule has 0 amide bonds. The van der Waals surface area contributed by atoms with Crippen LogP contribution in [0.3, 0.4) is 0 Å². The highest BCUT2D eigenvalue weighted by molar-refractivity contribution is 7.99. The summed E-state index contributed by atoms with van der Waals surface area (Å²) < 4.78 is 0. The van der Waals surface area contributed by atoms with Crippen LogP contribution in [-0.2, 0) is 0 Å². The van der Waals surface area contributed by atoms with Crippen molar-refractivity contribution >= 4 is 23.4 Å². The lowest BCUT2D eigenvalue weighted by Gasteiger charge is -2.23. The van der Waals surface area contributed by atoms with E-state index in [0.29, 0.717) is 5.02 Å². The molecule has 17 heavy (non-hydrogen) atoms. The predicted molar refractivity (Wildman–Crippen MR) is 69.5 cm³/mol. The smallest absolute Gasteiger partial charge is 0.0985 e. The second kappa shape index (κ2) is 4.10. The van der Waals surface area contributed by atoms with Crippen molar-refractivity contribution in [2.75, 3.05) is 0 Å². The largest absolute Gasteiger partial charge is 0.197 e. The molecule has 0 saturated heterocycles. The molecule has 2 aromatic rings. The second-order valence-electron chi connectivity index (χ2n) is 3.88. The topological polar surface area (TPSA) is 23.8 Å². The van der Waals surface area contributed by atoms with E-state index in [9.17, 15) is 5.26 Å². The predicted octanol–water partition coefficient (Wildman–Crippen LogP) is 4.46. The summed E-state index contributed by atoms with van der Waals surface area (Å²) in [5.74, 6) is -0.207. The van der Waals surface area contributed by atoms with Gasteiger partial charge in [0.1, 0.15) is 0 Å². The standard InChI is InChI=1S/C14H8ClNS/c15-9-5-6-14-11(7-9)12(8-16)10-3-1-2-4-13(10)17-14/h1-7,12H/t12-/m1/s1. The van der Waals surface area contributed by atoms with Gasteiger partial charge < -0.3 is 0 Å². The Morgan fingerprint density at radius 3 is 2.65 bits per heavy atom. The molecule has 0 unspecified atom stereocenters. The molecule has 0 N–H and O–H groups in total. The summed E-state index contributed by atoms with van der Waals surface area (Å²) in [5, 5.41) is 10.1. The van der Waals surface area contributed by atoms with Crippen LogP contribution in [-0.4, -0.2) is 0 Å². The van der Waals surface area contributed by atoms with Gasteiger partial charge in [0.2, 0.25) is 0 Å². The SMILES string of the molecule is N#C[C@@H]1c2ccccc2Sc2ccc(Cl)cc21. The van der Waals surface area contributed by atoms with Crippen LogP contribution >= 0.6 is 23.4 Å². The third-order valence-corrected chi connectivity index (χ3v) is 4.28. The molecule has 0 radical (unpaired) electrons. The average molecular weight is 258 g/mol. The number of rotatable bonds is 0. The van der Waals surface area contributed by atoms with Crippen molar-refractivity contribution in [1.29, 1.82) is 5.26 Å². The summed E-state index contributed by atoms with van der Waals surface area (Å²) in [6.45, 7) is 0. The molecule has 1 heterocycles. The first-order chi connectivity index (χ1) is 8.29. The highest BCUT2D eigenvalue weighted by Gasteiger charge is 2.25. The fourth-order valence-electron chi connectivity index (χ4n) is 2.07. The van der Waals surface area contributed by atoms with Crippen LogP contribution in [0.1, 0.15) is 17.0 Å². The van der Waals surface area contributed by atoms with Crippen LogP contribution in [0, 0.1) is 11.3 Å². The van der Waals surface area contributed by atoms with E-state index >= 15 is 0 Å². The Balaban J connectivity index is 2.23. The van der Waals surface area contributed by atoms with Crippen LogP contribution in [0.4, 0.5) is 0 Å². The molecule has 1 aliphatic rings. The maximum atomic E-state index is 9.37. The Hall–Kier alpha value is -1.43. The van der Waals surface area contributed by atoms with Crippen LogP contribution in [0.25, 0.3) is 0 Å². The molecule has 1 aliphatic heterocycles. The van der Waals surface area contributed by atoms with Gasteiger partial charge in [-0.05, 0) is 35.4 Å². The fourth-order valence-corrected chi connectivity index (χ4v) is 3.37. The third kappa shape index (κ3) is 1.72. The molecule has 0 spiro atoms. The molecule has 0 saturated carbocycles. The van der Waals surface area contributed by atoms with Crippen LogP contribution in [0.15, 0.2) is 52.3 Å². The van der Waals surface area contributed by atoms with Gasteiger partial charge in [0.05, 0.1) is 12.0 Å². The lowest BCUT2D eigenvalue weighted by Crippen LogP contribution is -2.06. The normalized spacial score (nSPS) is 16.8. The van der Waals surface area contributed by atoms with Gasteiger partial charge in [-0.1, -0.05) is 41.6 Å². The zero-order valence-corrected chi connectivity index (χ0v) is 10.4. The van der Waals surface area contributed by atoms with Gasteiger partial charge in [0, 0.05) is 14.8 Å². The van der Waals surface area contributed by atoms with Crippen molar-refractivity contribution in [3.63, 3.8) is 0 Å². The highest BCUT2D eigenvalue weighted by atomic mass is 35.5. The minimum atomic E-state index is -0.207. The first kappa shape index (κ1) is 10.7. The number of benzene rings is 2. The number of hydrogen-bond acceptors (Lipinski definition) is 2. The fraction of sp³-hybridized carbons (Fsp3) is 0.0714. The van der Waals surface area contributed by atoms with Crippen LogP contribution < -0.4 is 0 Å². The lowest BCUT2D eigenvalue weighted by molar-refractivity contribution is 0.948. The highest BCUT2D eigenvalue weighted by Crippen LogP contribution is 2.45. The van der Waals surface area contributed by atoms with Crippen molar-refractivity contribution in [3.8, 4) is 6.07 Å². The molecule has 1 atom stereocenters. The molecule has 0 fully saturated rings. The van der Waals surface area contributed by atoms with Gasteiger partial charge >= 0.3 is 0 Å². The Morgan fingerprint density at radius 1 is 1.06 bits per heavy atom. The van der Waals surface area contributed by atoms with Crippen molar-refractivity contribution < 1.29 is 0 Å². The molecule has 3 rings (SSSR count). The van der Waals surface area contributed by atoms with Crippen molar-refractivity contribution in [1.82, 2.24) is 0 Å². The first-order valence-electron chi connectivity index (χ1n) is 5.25. The van der Waals surface area contributed by atoms with Gasteiger partial charge in [0.25, 0.3) is 0 Å². The Morgan fingerprint density at radius 2 is 1.82 bits per heavy atom. The van der Waals surface area contributed by atoms with Gasteiger partial charge in [0.15, 0.2) is 0 Å². The summed E-state index contributed by atoms with van der Waals surface area (Å²) >= 11 is 7.71. The minimum Gasteiger partial charge on any atom is -0.197 e. The summed E-state index contributed by atoms with van der Waals surface area (Å²) in [4.78, 5) is 2.29. The van der Waals surface area contributed by atoms with Gasteiger partial charge in [-0.25, -0.2) is 0 Å². The Kier molecular flexibility index (Phi) is 2.58. The van der Waals surface area contributed by atoms with E-state index in [1.165, 1.54) is 0 Å². The average Bonchev–Trinajstić information content (AvgIpc) is 2.36. The minimum absolute atomic E-state index is 0.207. The number of hydrogen-bond donors (Lipinski definition) is 0. The first-order valence-corrected chi connectivity index (χ1v) is 6.45. The molecule has 3 heteroatoms. The maximum Gasteiger partial charge on any atom is 0.0985 e. The van der Waals surface area contributed by atoms with Gasteiger partial charge in [-0.3, -0.25) is 0 Å². The number of halogens is 1. The maximum absolute atomic E-state index is 9.37. The summed E-state index contributed by atoms with van der Waals surface area (Å²) in [7, 11) is 0. The molecule has 1 nitrogen and oxygen atoms in total. The Bertz CT molecular complexity index is 630. The number of nitriles is 1. The molecule has 0 aromatic heterocycles. The van der Waals surface area contributed by atoms with Crippen LogP contribution in [0.5, 0.6) is 0 Å². The lowest BCUT2D eigenvalue weighted by atomic mass is 9.92. The van der Waals surface area contributed by atoms with Crippen molar-refractivity contribution in [3.05, 3.63) is 58.6 Å². The summed E-state index contributed by atoms with van der Waals surface area (Å²) in [5.41, 5.74) is 2.10. The van der Waals surface area contributed by atoms with Crippen molar-refractivity contribution in [2.24, 2.45) is 0 Å². The molecule has 0 bridgehead atoms. The summed E-state index contributed by atoms with van der Waals surface area (Å²) in [6.07, 6.45) is 0. The van der Waals surface area contributed by atoms with Crippen LogP contribution in [0.2, 0.25) is 5.02 Å². The van der Waals surface area contributed by atoms with Gasteiger partial charge in [-0.2, -0.15) is 5.26 Å². The molecule has 2 aromatic carbocycles. The molecule has 0 aliphatic carbocycles. The van der Waals surface area contributed by atoms with E-state index in [0.717, 1.165) is 20.9 Å². The van der Waals surface area contributed by atoms with E-state index in [2.05, 4.69) is 12.1 Å². The monoisotopic (exact) mass is 257 g/mol. The van der Waals surface area contributed by atoms with E-state index in [1.54, 1.807) is 11.8 Å². The quantitative estimate of drug-likeness (QED) is 0.696. The third-order valence-electron chi connectivity index (χ3n) is 2.86. The number of nitrogens with zero attached hydrogens (tertiary/aromatic N) is 1. The molecular formula is C14H8ClNS. The summed E-state index contributed by atoms with van der Waals surface area (Å²) in [6, 6.07) is 16.2.